The Balaban J connectivity index is 1.98. The molecule has 0 saturated carbocycles. The first-order valence-electron chi connectivity index (χ1n) is 8.05. The molecule has 0 aromatic carbocycles. The Bertz CT molecular complexity index is 282. The molecule has 0 aromatic heterocycles. The van der Waals surface area contributed by atoms with Gasteiger partial charge >= 0.3 is 0 Å². The van der Waals surface area contributed by atoms with Crippen LogP contribution in [0.25, 0.3) is 0 Å². The van der Waals surface area contributed by atoms with E-state index in [1.165, 1.54) is 32.1 Å². The van der Waals surface area contributed by atoms with E-state index in [4.69, 9.17) is 9.47 Å². The Hall–Kier alpha value is -0.460. The standard InChI is InChI=1S/C16H30O5/c1-2-3-4-5-6-7-8-9-10-20-11-14(18)16-15(19)13(17)12-21-16/h8-9,13-19H,2-7,10-12H2,1H3/b9-8+/t13-,14+,15+,16+/m1/s1. The lowest BCUT2D eigenvalue weighted by molar-refractivity contribution is -0.0782. The molecule has 124 valence electrons. The number of aliphatic hydroxyl groups is 3. The Labute approximate surface area is 127 Å². The fourth-order valence-corrected chi connectivity index (χ4v) is 2.37. The minimum atomic E-state index is -1.04. The zero-order valence-electron chi connectivity index (χ0n) is 13.0. The number of allylic oxidation sites excluding steroid dienone is 1. The molecule has 21 heavy (non-hydrogen) atoms. The summed E-state index contributed by atoms with van der Waals surface area (Å²) in [5.41, 5.74) is 0. The van der Waals surface area contributed by atoms with E-state index < -0.39 is 24.4 Å². The van der Waals surface area contributed by atoms with Gasteiger partial charge in [-0.05, 0) is 12.8 Å². The maximum absolute atomic E-state index is 9.82. The summed E-state index contributed by atoms with van der Waals surface area (Å²) < 4.78 is 10.5. The first-order valence-corrected chi connectivity index (χ1v) is 8.05. The zero-order valence-corrected chi connectivity index (χ0v) is 13.0. The second kappa shape index (κ2) is 11.2. The maximum Gasteiger partial charge on any atom is 0.114 e. The van der Waals surface area contributed by atoms with Crippen molar-refractivity contribution in [2.24, 2.45) is 0 Å². The van der Waals surface area contributed by atoms with Gasteiger partial charge in [0.2, 0.25) is 0 Å². The second-order valence-electron chi connectivity index (χ2n) is 5.63. The van der Waals surface area contributed by atoms with Crippen LogP contribution in [0.15, 0.2) is 12.2 Å². The summed E-state index contributed by atoms with van der Waals surface area (Å²) in [6.07, 6.45) is 7.85. The third kappa shape index (κ3) is 7.38. The lowest BCUT2D eigenvalue weighted by atomic mass is 10.1. The lowest BCUT2D eigenvalue weighted by Crippen LogP contribution is -2.40. The Kier molecular flexibility index (Phi) is 9.87. The van der Waals surface area contributed by atoms with E-state index in [0.29, 0.717) is 6.61 Å². The fraction of sp³-hybridized carbons (Fsp3) is 0.875. The van der Waals surface area contributed by atoms with Gasteiger partial charge in [-0.1, -0.05) is 44.8 Å². The molecule has 5 heteroatoms. The highest BCUT2D eigenvalue weighted by atomic mass is 16.5. The number of hydrogen-bond donors (Lipinski definition) is 3. The monoisotopic (exact) mass is 302 g/mol. The van der Waals surface area contributed by atoms with Crippen LogP contribution in [0.3, 0.4) is 0 Å². The molecule has 0 aliphatic carbocycles. The minimum Gasteiger partial charge on any atom is -0.388 e. The number of rotatable bonds is 11. The molecule has 0 radical (unpaired) electrons. The van der Waals surface area contributed by atoms with Crippen molar-refractivity contribution in [1.82, 2.24) is 0 Å². The van der Waals surface area contributed by atoms with Crippen LogP contribution in [0.4, 0.5) is 0 Å². The molecule has 0 bridgehead atoms. The summed E-state index contributed by atoms with van der Waals surface area (Å²) >= 11 is 0. The van der Waals surface area contributed by atoms with Crippen molar-refractivity contribution in [3.63, 3.8) is 0 Å². The Morgan fingerprint density at radius 1 is 1.19 bits per heavy atom. The van der Waals surface area contributed by atoms with Crippen LogP contribution in [0.1, 0.15) is 45.4 Å². The van der Waals surface area contributed by atoms with E-state index in [0.717, 1.165) is 6.42 Å². The third-order valence-electron chi connectivity index (χ3n) is 3.71. The van der Waals surface area contributed by atoms with E-state index in [9.17, 15) is 15.3 Å². The van der Waals surface area contributed by atoms with Crippen molar-refractivity contribution >= 4 is 0 Å². The van der Waals surface area contributed by atoms with Gasteiger partial charge in [0.1, 0.15) is 24.4 Å². The molecule has 1 heterocycles. The van der Waals surface area contributed by atoms with Gasteiger partial charge in [0.15, 0.2) is 0 Å². The van der Waals surface area contributed by atoms with Crippen LogP contribution in [0, 0.1) is 0 Å². The van der Waals surface area contributed by atoms with Crippen LogP contribution < -0.4 is 0 Å². The summed E-state index contributed by atoms with van der Waals surface area (Å²) in [5.74, 6) is 0. The van der Waals surface area contributed by atoms with Crippen molar-refractivity contribution in [1.29, 1.82) is 0 Å². The topological polar surface area (TPSA) is 79.2 Å². The highest BCUT2D eigenvalue weighted by molar-refractivity contribution is 4.88. The summed E-state index contributed by atoms with van der Waals surface area (Å²) in [7, 11) is 0. The van der Waals surface area contributed by atoms with Crippen molar-refractivity contribution < 1.29 is 24.8 Å². The van der Waals surface area contributed by atoms with Crippen molar-refractivity contribution in [2.45, 2.75) is 69.9 Å². The maximum atomic E-state index is 9.82. The van der Waals surface area contributed by atoms with E-state index in [1.54, 1.807) is 0 Å². The Morgan fingerprint density at radius 2 is 1.95 bits per heavy atom. The van der Waals surface area contributed by atoms with Crippen LogP contribution in [-0.4, -0.2) is 59.6 Å². The number of aliphatic hydroxyl groups excluding tert-OH is 3. The molecule has 1 aliphatic heterocycles. The SMILES string of the molecule is CCCCCCC/C=C/COC[C@H](O)[C@@H]1OC[C@@H](O)[C@@H]1O. The average Bonchev–Trinajstić information content (AvgIpc) is 2.81. The molecule has 5 nitrogen and oxygen atoms in total. The normalized spacial score (nSPS) is 27.5. The van der Waals surface area contributed by atoms with E-state index in [1.807, 2.05) is 6.08 Å². The fourth-order valence-electron chi connectivity index (χ4n) is 2.37. The largest absolute Gasteiger partial charge is 0.388 e. The van der Waals surface area contributed by atoms with Crippen molar-refractivity contribution in [3.8, 4) is 0 Å². The molecule has 1 rings (SSSR count). The molecule has 0 spiro atoms. The zero-order chi connectivity index (χ0) is 15.5. The second-order valence-corrected chi connectivity index (χ2v) is 5.63. The molecule has 4 atom stereocenters. The molecule has 0 amide bonds. The highest BCUT2D eigenvalue weighted by Crippen LogP contribution is 2.17. The minimum absolute atomic E-state index is 0.0564. The molecule has 0 aromatic rings. The molecule has 1 fully saturated rings. The quantitative estimate of drug-likeness (QED) is 0.397. The molecule has 1 aliphatic rings. The van der Waals surface area contributed by atoms with E-state index in [2.05, 4.69) is 13.0 Å². The van der Waals surface area contributed by atoms with Crippen molar-refractivity contribution in [3.05, 3.63) is 12.2 Å². The van der Waals surface area contributed by atoms with Gasteiger partial charge in [-0.2, -0.15) is 0 Å². The van der Waals surface area contributed by atoms with Gasteiger partial charge in [-0.25, -0.2) is 0 Å². The van der Waals surface area contributed by atoms with Crippen LogP contribution in [-0.2, 0) is 9.47 Å². The summed E-state index contributed by atoms with van der Waals surface area (Å²) in [5, 5.41) is 28.7. The smallest absolute Gasteiger partial charge is 0.114 e. The lowest BCUT2D eigenvalue weighted by Gasteiger charge is -2.20. The van der Waals surface area contributed by atoms with E-state index >= 15 is 0 Å². The predicted molar refractivity (Wildman–Crippen MR) is 81.1 cm³/mol. The van der Waals surface area contributed by atoms with Crippen molar-refractivity contribution in [2.75, 3.05) is 19.8 Å². The Morgan fingerprint density at radius 3 is 2.62 bits per heavy atom. The summed E-state index contributed by atoms with van der Waals surface area (Å²) in [6, 6.07) is 0. The summed E-state index contributed by atoms with van der Waals surface area (Å²) in [6.45, 7) is 2.80. The van der Waals surface area contributed by atoms with Crippen LogP contribution in [0.5, 0.6) is 0 Å². The van der Waals surface area contributed by atoms with E-state index in [-0.39, 0.29) is 13.2 Å². The molecule has 0 unspecified atom stereocenters. The molecule has 3 N–H and O–H groups in total. The highest BCUT2D eigenvalue weighted by Gasteiger charge is 2.39. The van der Waals surface area contributed by atoms with Crippen LogP contribution >= 0.6 is 0 Å². The average molecular weight is 302 g/mol. The number of unbranched alkanes of at least 4 members (excludes halogenated alkanes) is 5. The van der Waals surface area contributed by atoms with Gasteiger partial charge in [0, 0.05) is 0 Å². The predicted octanol–water partition coefficient (Wildman–Crippen LogP) is 1.40. The molecule has 1 saturated heterocycles. The number of ether oxygens (including phenoxy) is 2. The number of hydrogen-bond acceptors (Lipinski definition) is 5. The van der Waals surface area contributed by atoms with Gasteiger partial charge < -0.3 is 24.8 Å². The van der Waals surface area contributed by atoms with Crippen LogP contribution in [0.2, 0.25) is 0 Å². The van der Waals surface area contributed by atoms with Gasteiger partial charge in [0.05, 0.1) is 19.8 Å². The van der Waals surface area contributed by atoms with Gasteiger partial charge in [0.25, 0.3) is 0 Å². The summed E-state index contributed by atoms with van der Waals surface area (Å²) in [4.78, 5) is 0. The first kappa shape index (κ1) is 18.6. The first-order chi connectivity index (χ1) is 10.2. The molecular weight excluding hydrogens is 272 g/mol. The molecular formula is C16H30O5. The van der Waals surface area contributed by atoms with Gasteiger partial charge in [-0.15, -0.1) is 0 Å². The third-order valence-corrected chi connectivity index (χ3v) is 3.71. The van der Waals surface area contributed by atoms with Gasteiger partial charge in [-0.3, -0.25) is 0 Å².